The van der Waals surface area contributed by atoms with Gasteiger partial charge in [-0.15, -0.1) is 0 Å². The van der Waals surface area contributed by atoms with Crippen molar-refractivity contribution >= 4 is 5.91 Å². The molecule has 0 bridgehead atoms. The summed E-state index contributed by atoms with van der Waals surface area (Å²) in [6.07, 6.45) is -9.34. The predicted molar refractivity (Wildman–Crippen MR) is 85.2 cm³/mol. The molecule has 29 heavy (non-hydrogen) atoms. The third-order valence-electron chi connectivity index (χ3n) is 4.14. The van der Waals surface area contributed by atoms with Crippen LogP contribution in [0.5, 0.6) is 0 Å². The van der Waals surface area contributed by atoms with Crippen molar-refractivity contribution in [2.24, 2.45) is 0 Å². The third-order valence-corrected chi connectivity index (χ3v) is 4.14. The lowest BCUT2D eigenvalue weighted by molar-refractivity contribution is -0.168. The van der Waals surface area contributed by atoms with Gasteiger partial charge in [0, 0.05) is 18.7 Å². The molecule has 1 unspecified atom stereocenters. The summed E-state index contributed by atoms with van der Waals surface area (Å²) < 4.78 is 85.6. The van der Waals surface area contributed by atoms with E-state index in [9.17, 15) is 31.1 Å². The van der Waals surface area contributed by atoms with E-state index in [0.29, 0.717) is 29.9 Å². The molecule has 0 saturated carbocycles. The third kappa shape index (κ3) is 5.46. The zero-order chi connectivity index (χ0) is 21.2. The van der Waals surface area contributed by atoms with Gasteiger partial charge in [-0.25, -0.2) is 0 Å². The number of alkyl halides is 6. The summed E-state index contributed by atoms with van der Waals surface area (Å²) in [5, 5.41) is 3.24. The summed E-state index contributed by atoms with van der Waals surface area (Å²) in [5.74, 6) is -2.57. The lowest BCUT2D eigenvalue weighted by Crippen LogP contribution is -2.43. The van der Waals surface area contributed by atoms with E-state index in [-0.39, 0.29) is 17.9 Å². The number of hydrogen-bond acceptors (Lipinski definition) is 5. The van der Waals surface area contributed by atoms with Crippen LogP contribution in [0.2, 0.25) is 0 Å². The Morgan fingerprint density at radius 3 is 2.34 bits per heavy atom. The van der Waals surface area contributed by atoms with Crippen LogP contribution >= 0.6 is 0 Å². The number of aromatic nitrogens is 2. The quantitative estimate of drug-likeness (QED) is 0.684. The smallest absolute Gasteiger partial charge is 0.368 e. The summed E-state index contributed by atoms with van der Waals surface area (Å²) in [4.78, 5) is 16.3. The molecule has 1 aromatic heterocycles. The fourth-order valence-corrected chi connectivity index (χ4v) is 2.84. The first-order valence-corrected chi connectivity index (χ1v) is 8.50. The second-order valence-electron chi connectivity index (χ2n) is 6.43. The van der Waals surface area contributed by atoms with E-state index < -0.39 is 36.8 Å². The highest BCUT2D eigenvalue weighted by atomic mass is 19.4. The number of rotatable bonds is 5. The molecule has 1 atom stereocenters. The Balaban J connectivity index is 1.74. The molecule has 0 radical (unpaired) electrons. The topological polar surface area (TPSA) is 68.5 Å². The lowest BCUT2D eigenvalue weighted by Gasteiger charge is -2.26. The Bertz CT molecular complexity index is 841. The second-order valence-corrected chi connectivity index (χ2v) is 6.43. The van der Waals surface area contributed by atoms with Gasteiger partial charge in [-0.05, 0) is 18.4 Å². The minimum absolute atomic E-state index is 0.181. The standard InChI is InChI=1S/C17H15F6N3O3/c18-16(19,20)9-26(14(27)12-2-1-7-28-12)8-10-3-5-11(6-4-10)13-24-15(29-25-13)17(21,22)23/h3-6,12H,1-2,7-9H2. The van der Waals surface area contributed by atoms with Gasteiger partial charge in [-0.3, -0.25) is 4.79 Å². The van der Waals surface area contributed by atoms with Crippen molar-refractivity contribution in [2.75, 3.05) is 13.2 Å². The summed E-state index contributed by atoms with van der Waals surface area (Å²) in [7, 11) is 0. The van der Waals surface area contributed by atoms with Crippen LogP contribution in [0, 0.1) is 0 Å². The molecule has 0 spiro atoms. The van der Waals surface area contributed by atoms with Crippen LogP contribution in [0.1, 0.15) is 24.3 Å². The monoisotopic (exact) mass is 423 g/mol. The molecule has 1 aliphatic heterocycles. The molecule has 2 aromatic rings. The number of nitrogens with zero attached hydrogens (tertiary/aromatic N) is 3. The van der Waals surface area contributed by atoms with Gasteiger partial charge < -0.3 is 14.2 Å². The van der Waals surface area contributed by atoms with Gasteiger partial charge in [0.1, 0.15) is 12.6 Å². The first-order valence-electron chi connectivity index (χ1n) is 8.50. The van der Waals surface area contributed by atoms with Crippen LogP contribution in [0.4, 0.5) is 26.3 Å². The van der Waals surface area contributed by atoms with Gasteiger partial charge >= 0.3 is 18.2 Å². The molecule has 1 aliphatic rings. The molecule has 0 aliphatic carbocycles. The van der Waals surface area contributed by atoms with Crippen LogP contribution in [0.25, 0.3) is 11.4 Å². The van der Waals surface area contributed by atoms with Gasteiger partial charge in [-0.1, -0.05) is 29.4 Å². The van der Waals surface area contributed by atoms with Crippen molar-refractivity contribution in [3.8, 4) is 11.4 Å². The largest absolute Gasteiger partial charge is 0.471 e. The first-order chi connectivity index (χ1) is 13.5. The Morgan fingerprint density at radius 2 is 1.83 bits per heavy atom. The molecular weight excluding hydrogens is 408 g/mol. The van der Waals surface area contributed by atoms with E-state index in [1.165, 1.54) is 24.3 Å². The Morgan fingerprint density at radius 1 is 1.14 bits per heavy atom. The summed E-state index contributed by atoms with van der Waals surface area (Å²) >= 11 is 0. The van der Waals surface area contributed by atoms with Crippen LogP contribution in [0.15, 0.2) is 28.8 Å². The van der Waals surface area contributed by atoms with Crippen molar-refractivity contribution in [2.45, 2.75) is 37.8 Å². The van der Waals surface area contributed by atoms with Gasteiger partial charge in [-0.2, -0.15) is 31.3 Å². The fraction of sp³-hybridized carbons (Fsp3) is 0.471. The Kier molecular flexibility index (Phi) is 5.82. The SMILES string of the molecule is O=C(C1CCCO1)N(Cc1ccc(-c2noc(C(F)(F)F)n2)cc1)CC(F)(F)F. The van der Waals surface area contributed by atoms with E-state index >= 15 is 0 Å². The van der Waals surface area contributed by atoms with Crippen molar-refractivity contribution in [3.63, 3.8) is 0 Å². The van der Waals surface area contributed by atoms with Crippen LogP contribution in [0.3, 0.4) is 0 Å². The number of halogens is 6. The summed E-state index contributed by atoms with van der Waals surface area (Å²) in [5.41, 5.74) is 0.532. The molecule has 12 heteroatoms. The number of carbonyl (C=O) groups is 1. The second kappa shape index (κ2) is 8.01. The van der Waals surface area contributed by atoms with Gasteiger partial charge in [0.25, 0.3) is 5.91 Å². The molecule has 1 fully saturated rings. The summed E-state index contributed by atoms with van der Waals surface area (Å²) in [6, 6.07) is 5.43. The molecule has 1 aromatic carbocycles. The van der Waals surface area contributed by atoms with Gasteiger partial charge in [0.2, 0.25) is 5.82 Å². The molecule has 3 rings (SSSR count). The Labute approximate surface area is 160 Å². The molecule has 2 heterocycles. The average molecular weight is 423 g/mol. The van der Waals surface area contributed by atoms with E-state index in [0.717, 1.165) is 0 Å². The van der Waals surface area contributed by atoms with Crippen molar-refractivity contribution in [3.05, 3.63) is 35.7 Å². The van der Waals surface area contributed by atoms with Gasteiger partial charge in [0.05, 0.1) is 0 Å². The zero-order valence-electron chi connectivity index (χ0n) is 14.8. The van der Waals surface area contributed by atoms with Crippen LogP contribution in [-0.4, -0.2) is 46.4 Å². The highest BCUT2D eigenvalue weighted by Crippen LogP contribution is 2.29. The highest BCUT2D eigenvalue weighted by molar-refractivity contribution is 5.81. The summed E-state index contributed by atoms with van der Waals surface area (Å²) in [6.45, 7) is -1.46. The number of benzene rings is 1. The minimum atomic E-state index is -4.79. The normalized spacial score (nSPS) is 17.5. The molecule has 6 nitrogen and oxygen atoms in total. The van der Waals surface area contributed by atoms with Crippen molar-refractivity contribution < 1.29 is 40.4 Å². The number of hydrogen-bond donors (Lipinski definition) is 0. The lowest BCUT2D eigenvalue weighted by atomic mass is 10.1. The maximum Gasteiger partial charge on any atom is 0.471 e. The number of ether oxygens (including phenoxy) is 1. The molecular formula is C17H15F6N3O3. The molecule has 0 N–H and O–H groups in total. The van der Waals surface area contributed by atoms with E-state index in [1.807, 2.05) is 0 Å². The minimum Gasteiger partial charge on any atom is -0.368 e. The van der Waals surface area contributed by atoms with E-state index in [1.54, 1.807) is 0 Å². The number of carbonyl (C=O) groups excluding carboxylic acids is 1. The van der Waals surface area contributed by atoms with E-state index in [2.05, 4.69) is 14.7 Å². The average Bonchev–Trinajstić information content (AvgIpc) is 3.31. The fourth-order valence-electron chi connectivity index (χ4n) is 2.84. The van der Waals surface area contributed by atoms with Crippen molar-refractivity contribution in [1.29, 1.82) is 0 Å². The maximum atomic E-state index is 12.9. The van der Waals surface area contributed by atoms with Crippen LogP contribution in [-0.2, 0) is 22.3 Å². The zero-order valence-corrected chi connectivity index (χ0v) is 14.8. The Hall–Kier alpha value is -2.63. The van der Waals surface area contributed by atoms with Gasteiger partial charge in [0.15, 0.2) is 0 Å². The molecule has 158 valence electrons. The predicted octanol–water partition coefficient (Wildman–Crippen LogP) is 3.83. The maximum absolute atomic E-state index is 12.9. The van der Waals surface area contributed by atoms with Crippen molar-refractivity contribution in [1.82, 2.24) is 15.0 Å². The van der Waals surface area contributed by atoms with Crippen LogP contribution < -0.4 is 0 Å². The van der Waals surface area contributed by atoms with E-state index in [4.69, 9.17) is 4.74 Å². The molecule has 1 amide bonds. The first kappa shape index (κ1) is 21.1. The molecule has 1 saturated heterocycles. The highest BCUT2D eigenvalue weighted by Gasteiger charge is 2.39. The number of amides is 1.